The zero-order chi connectivity index (χ0) is 24.9. The first-order valence-electron chi connectivity index (χ1n) is 10.8. The van der Waals surface area contributed by atoms with E-state index in [1.807, 2.05) is 32.9 Å². The lowest BCUT2D eigenvalue weighted by molar-refractivity contribution is 0.444. The fraction of sp³-hybridized carbons (Fsp3) is 0.417. The van der Waals surface area contributed by atoms with Gasteiger partial charge in [0.2, 0.25) is 0 Å². The Balaban J connectivity index is 0. The fourth-order valence-corrected chi connectivity index (χ4v) is 2.39. The van der Waals surface area contributed by atoms with E-state index < -0.39 is 0 Å². The third-order valence-corrected chi connectivity index (χ3v) is 3.57. The van der Waals surface area contributed by atoms with Crippen LogP contribution in [0.1, 0.15) is 60.1 Å². The first-order chi connectivity index (χ1) is 15.5. The molecule has 2 heterocycles. The summed E-state index contributed by atoms with van der Waals surface area (Å²) in [6.07, 6.45) is 9.13. The van der Waals surface area contributed by atoms with E-state index in [1.165, 1.54) is 12.6 Å². The van der Waals surface area contributed by atoms with Crippen LogP contribution < -0.4 is 5.73 Å². The molecule has 0 amide bonds. The molecular formula is C24H39FN6O. The molecule has 8 heteroatoms. The predicted octanol–water partition coefficient (Wildman–Crippen LogP) is 6.28. The van der Waals surface area contributed by atoms with E-state index in [0.717, 1.165) is 11.6 Å². The van der Waals surface area contributed by atoms with Gasteiger partial charge in [0.15, 0.2) is 5.65 Å². The summed E-state index contributed by atoms with van der Waals surface area (Å²) in [5.41, 5.74) is 7.12. The van der Waals surface area contributed by atoms with Crippen LogP contribution in [0, 0.1) is 5.41 Å². The maximum absolute atomic E-state index is 14.1. The van der Waals surface area contributed by atoms with Crippen molar-refractivity contribution >= 4 is 24.0 Å². The van der Waals surface area contributed by atoms with Crippen molar-refractivity contribution in [1.82, 2.24) is 14.8 Å². The van der Waals surface area contributed by atoms with E-state index in [0.29, 0.717) is 23.3 Å². The third kappa shape index (κ3) is 10.7. The number of hydrogen-bond acceptors (Lipinski definition) is 6. The molecule has 0 aromatic carbocycles. The lowest BCUT2D eigenvalue weighted by Crippen LogP contribution is -2.04. The topological polar surface area (TPSA) is 113 Å². The molecule has 2 aromatic rings. The number of halogens is 1. The molecule has 178 valence electrons. The molecule has 0 saturated heterocycles. The molecular weight excluding hydrogens is 407 g/mol. The molecule has 0 saturated carbocycles. The van der Waals surface area contributed by atoms with Gasteiger partial charge in [-0.1, -0.05) is 53.2 Å². The summed E-state index contributed by atoms with van der Waals surface area (Å²) >= 11 is 0. The molecule has 0 radical (unpaired) electrons. The van der Waals surface area contributed by atoms with Crippen LogP contribution >= 0.6 is 0 Å². The molecule has 0 aliphatic carbocycles. The first kappa shape index (κ1) is 30.9. The second-order valence-corrected chi connectivity index (χ2v) is 6.03. The molecule has 7 nitrogen and oxygen atoms in total. The number of nitrogens with two attached hydrogens (primary N) is 1. The summed E-state index contributed by atoms with van der Waals surface area (Å²) in [4.78, 5) is 8.47. The Kier molecular flexibility index (Phi) is 19.0. The summed E-state index contributed by atoms with van der Waals surface area (Å²) in [5.74, 6) is -0.291. The van der Waals surface area contributed by atoms with Crippen molar-refractivity contribution in [3.63, 3.8) is 0 Å². The van der Waals surface area contributed by atoms with Crippen LogP contribution in [0.3, 0.4) is 0 Å². The Morgan fingerprint density at radius 1 is 1.31 bits per heavy atom. The van der Waals surface area contributed by atoms with E-state index in [1.54, 1.807) is 30.0 Å². The summed E-state index contributed by atoms with van der Waals surface area (Å²) in [6, 6.07) is 3.71. The van der Waals surface area contributed by atoms with Crippen LogP contribution in [0.25, 0.3) is 11.0 Å². The molecule has 0 fully saturated rings. The van der Waals surface area contributed by atoms with Gasteiger partial charge in [-0.3, -0.25) is 4.99 Å². The van der Waals surface area contributed by atoms with Gasteiger partial charge < -0.3 is 16.2 Å². The number of pyridine rings is 1. The average molecular weight is 447 g/mol. The highest BCUT2D eigenvalue weighted by molar-refractivity contribution is 5.79. The number of rotatable bonds is 7. The zero-order valence-corrected chi connectivity index (χ0v) is 20.3. The van der Waals surface area contributed by atoms with Crippen molar-refractivity contribution in [2.45, 2.75) is 67.5 Å². The number of hydrogen-bond donors (Lipinski definition) is 3. The third-order valence-electron chi connectivity index (χ3n) is 3.57. The summed E-state index contributed by atoms with van der Waals surface area (Å²) < 4.78 is 15.8. The second kappa shape index (κ2) is 19.7. The molecule has 0 bridgehead atoms. The lowest BCUT2D eigenvalue weighted by atomic mass is 10.2. The van der Waals surface area contributed by atoms with Crippen LogP contribution in [0.2, 0.25) is 0 Å². The van der Waals surface area contributed by atoms with E-state index >= 15 is 0 Å². The number of aliphatic hydroxyl groups excluding tert-OH is 1. The normalized spacial score (nSPS) is 11.8. The molecule has 4 N–H and O–H groups in total. The number of nitrogens with zero attached hydrogens (tertiary/aromatic N) is 4. The quantitative estimate of drug-likeness (QED) is 0.264. The number of aliphatic imine (C=N–C) groups is 1. The van der Waals surface area contributed by atoms with Gasteiger partial charge >= 0.3 is 0 Å². The largest absolute Gasteiger partial charge is 0.505 e. The zero-order valence-electron chi connectivity index (χ0n) is 20.3. The first-order valence-corrected chi connectivity index (χ1v) is 10.8. The Bertz CT molecular complexity index is 884. The average Bonchev–Trinajstić information content (AvgIpc) is 3.18. The number of allylic oxidation sites excluding steroid dienone is 5. The minimum absolute atomic E-state index is 0.120. The molecule has 32 heavy (non-hydrogen) atoms. The maximum atomic E-state index is 14.1. The highest BCUT2D eigenvalue weighted by Crippen LogP contribution is 2.20. The van der Waals surface area contributed by atoms with Crippen molar-refractivity contribution in [3.8, 4) is 0 Å². The van der Waals surface area contributed by atoms with Crippen LogP contribution in [-0.2, 0) is 13.1 Å². The van der Waals surface area contributed by atoms with Crippen molar-refractivity contribution < 1.29 is 9.50 Å². The molecule has 0 unspecified atom stereocenters. The predicted molar refractivity (Wildman–Crippen MR) is 135 cm³/mol. The van der Waals surface area contributed by atoms with Crippen LogP contribution in [0.4, 0.5) is 4.39 Å². The molecule has 2 aromatic heterocycles. The van der Waals surface area contributed by atoms with Crippen molar-refractivity contribution in [2.75, 3.05) is 0 Å². The Hall–Kier alpha value is -3.29. The van der Waals surface area contributed by atoms with Crippen molar-refractivity contribution in [2.24, 2.45) is 10.7 Å². The number of aromatic nitrogens is 3. The summed E-state index contributed by atoms with van der Waals surface area (Å²) in [5, 5.41) is 20.2. The van der Waals surface area contributed by atoms with Crippen molar-refractivity contribution in [3.05, 3.63) is 59.5 Å². The number of nitrogens with one attached hydrogen (secondary N) is 1. The van der Waals surface area contributed by atoms with Gasteiger partial charge in [0.1, 0.15) is 11.6 Å². The Morgan fingerprint density at radius 2 is 1.94 bits per heavy atom. The van der Waals surface area contributed by atoms with Gasteiger partial charge in [0, 0.05) is 23.4 Å². The van der Waals surface area contributed by atoms with Crippen LogP contribution in [0.5, 0.6) is 0 Å². The van der Waals surface area contributed by atoms with Gasteiger partial charge in [-0.15, -0.1) is 0 Å². The summed E-state index contributed by atoms with van der Waals surface area (Å²) in [7, 11) is 0. The Labute approximate surface area is 191 Å². The number of aliphatic hydroxyl groups is 1. The van der Waals surface area contributed by atoms with E-state index in [2.05, 4.69) is 35.6 Å². The number of fused-ring (bicyclic) bond motifs is 1. The highest BCUT2D eigenvalue weighted by atomic mass is 19.1. The smallest absolute Gasteiger partial charge is 0.158 e. The lowest BCUT2D eigenvalue weighted by Gasteiger charge is -2.06. The van der Waals surface area contributed by atoms with Gasteiger partial charge in [0.05, 0.1) is 25.0 Å². The highest BCUT2D eigenvalue weighted by Gasteiger charge is 2.13. The monoisotopic (exact) mass is 446 g/mol. The Morgan fingerprint density at radius 3 is 2.47 bits per heavy atom. The van der Waals surface area contributed by atoms with E-state index in [4.69, 9.17) is 11.1 Å². The van der Waals surface area contributed by atoms with Crippen LogP contribution in [-0.4, -0.2) is 32.8 Å². The molecule has 2 rings (SSSR count). The fourth-order valence-electron chi connectivity index (χ4n) is 2.39. The second-order valence-electron chi connectivity index (χ2n) is 6.03. The van der Waals surface area contributed by atoms with Crippen LogP contribution in [0.15, 0.2) is 58.8 Å². The summed E-state index contributed by atoms with van der Waals surface area (Å²) in [6.45, 7) is 14.9. The van der Waals surface area contributed by atoms with E-state index in [9.17, 15) is 9.50 Å². The minimum atomic E-state index is -0.171. The van der Waals surface area contributed by atoms with Gasteiger partial charge in [-0.05, 0) is 32.2 Å². The SMILES string of the molecule is C/C=C\C(Cn1nc(CN=C/C(O)=C/N)c2cccnc21)=C(\F)CC.C=N.CC.CCC. The maximum Gasteiger partial charge on any atom is 0.158 e. The van der Waals surface area contributed by atoms with Gasteiger partial charge in [0.25, 0.3) is 0 Å². The molecule has 0 aliphatic heterocycles. The molecule has 0 aliphatic rings. The van der Waals surface area contributed by atoms with Crippen molar-refractivity contribution in [1.29, 1.82) is 5.41 Å². The standard InChI is InChI=1S/C18H22FN5O.C3H8.C2H6.CH3N/c1-3-6-13(16(19)4-2)12-24-18-15(7-5-8-22-18)17(23-24)11-21-10-14(25)9-20;1-3-2;2*1-2/h3,5-10,25H,4,11-12,20H2,1-2H3;3H2,1-2H3;1-2H3;2H,1H2/b6-3-,14-9-,16-13-,21-10?;;;. The minimum Gasteiger partial charge on any atom is -0.505 e. The molecule has 0 atom stereocenters. The van der Waals surface area contributed by atoms with E-state index in [-0.39, 0.29) is 24.7 Å². The molecule has 0 spiro atoms. The van der Waals surface area contributed by atoms with Gasteiger partial charge in [-0.25, -0.2) is 14.1 Å². The van der Waals surface area contributed by atoms with Gasteiger partial charge in [-0.2, -0.15) is 5.10 Å².